The largest absolute Gasteiger partial charge is 0.392 e. The maximum atomic E-state index is 9.98. The van der Waals surface area contributed by atoms with Gasteiger partial charge in [0.1, 0.15) is 0 Å². The third-order valence-electron chi connectivity index (χ3n) is 2.82. The van der Waals surface area contributed by atoms with Crippen molar-refractivity contribution in [1.82, 2.24) is 25.5 Å². The lowest BCUT2D eigenvalue weighted by Gasteiger charge is -2.26. The van der Waals surface area contributed by atoms with Crippen molar-refractivity contribution < 1.29 is 5.11 Å². The zero-order valence-electron chi connectivity index (χ0n) is 8.93. The zero-order chi connectivity index (χ0) is 10.7. The van der Waals surface area contributed by atoms with E-state index in [1.165, 1.54) is 4.80 Å². The summed E-state index contributed by atoms with van der Waals surface area (Å²) in [5.41, 5.74) is 0. The van der Waals surface area contributed by atoms with Gasteiger partial charge in [-0.25, -0.2) is 0 Å². The molecule has 0 saturated carbocycles. The van der Waals surface area contributed by atoms with E-state index < -0.39 is 0 Å². The first-order chi connectivity index (χ1) is 7.25. The maximum Gasteiger partial charge on any atom is 0.177 e. The summed E-state index contributed by atoms with van der Waals surface area (Å²) in [6, 6.07) is 0. The maximum absolute atomic E-state index is 9.98. The molecule has 1 aromatic rings. The molecule has 2 atom stereocenters. The molecule has 15 heavy (non-hydrogen) atoms. The second kappa shape index (κ2) is 4.67. The van der Waals surface area contributed by atoms with Gasteiger partial charge in [-0.2, -0.15) is 4.80 Å². The third-order valence-corrected chi connectivity index (χ3v) is 2.82. The van der Waals surface area contributed by atoms with E-state index in [1.54, 1.807) is 7.05 Å². The summed E-state index contributed by atoms with van der Waals surface area (Å²) in [6.07, 6.45) is 2.35. The smallest absolute Gasteiger partial charge is 0.177 e. The average Bonchev–Trinajstić information content (AvgIpc) is 2.65. The van der Waals surface area contributed by atoms with Crippen LogP contribution in [0, 0.1) is 5.92 Å². The molecule has 2 N–H and O–H groups in total. The van der Waals surface area contributed by atoms with Crippen LogP contribution in [0.15, 0.2) is 0 Å². The minimum absolute atomic E-state index is 0.322. The van der Waals surface area contributed by atoms with Crippen LogP contribution in [0.3, 0.4) is 0 Å². The molecule has 1 aliphatic rings. The Kier molecular flexibility index (Phi) is 3.27. The molecule has 84 valence electrons. The number of rotatable bonds is 3. The van der Waals surface area contributed by atoms with Gasteiger partial charge in [0.25, 0.3) is 0 Å². The first-order valence-corrected chi connectivity index (χ1v) is 5.37. The summed E-state index contributed by atoms with van der Waals surface area (Å²) in [6.45, 7) is 1.95. The van der Waals surface area contributed by atoms with Gasteiger partial charge in [-0.3, -0.25) is 0 Å². The van der Waals surface area contributed by atoms with Crippen LogP contribution in [-0.4, -0.2) is 44.5 Å². The fourth-order valence-electron chi connectivity index (χ4n) is 1.97. The van der Waals surface area contributed by atoms with Crippen LogP contribution in [-0.2, 0) is 13.5 Å². The molecule has 0 amide bonds. The lowest BCUT2D eigenvalue weighted by atomic mass is 9.92. The van der Waals surface area contributed by atoms with E-state index in [1.807, 2.05) is 0 Å². The summed E-state index contributed by atoms with van der Waals surface area (Å²) in [5, 5.41) is 24.9. The van der Waals surface area contributed by atoms with Crippen molar-refractivity contribution in [3.8, 4) is 0 Å². The predicted molar refractivity (Wildman–Crippen MR) is 54.1 cm³/mol. The van der Waals surface area contributed by atoms with Gasteiger partial charge in [-0.05, 0) is 30.5 Å². The van der Waals surface area contributed by atoms with Crippen molar-refractivity contribution in [3.63, 3.8) is 0 Å². The summed E-state index contributed by atoms with van der Waals surface area (Å²) in [7, 11) is 1.73. The molecule has 1 aromatic heterocycles. The molecule has 0 aliphatic carbocycles. The number of nitrogens with one attached hydrogen (secondary N) is 1. The monoisotopic (exact) mass is 211 g/mol. The highest BCUT2D eigenvalue weighted by Crippen LogP contribution is 2.16. The van der Waals surface area contributed by atoms with Gasteiger partial charge in [0.2, 0.25) is 0 Å². The molecule has 1 saturated heterocycles. The molecule has 2 unspecified atom stereocenters. The van der Waals surface area contributed by atoms with E-state index in [0.717, 1.165) is 25.9 Å². The van der Waals surface area contributed by atoms with Gasteiger partial charge >= 0.3 is 0 Å². The van der Waals surface area contributed by atoms with Gasteiger partial charge in [-0.15, -0.1) is 10.2 Å². The first kappa shape index (κ1) is 10.5. The molecule has 2 rings (SSSR count). The fourth-order valence-corrected chi connectivity index (χ4v) is 1.97. The van der Waals surface area contributed by atoms with Crippen molar-refractivity contribution in [2.24, 2.45) is 13.0 Å². The highest BCUT2D eigenvalue weighted by Gasteiger charge is 2.22. The van der Waals surface area contributed by atoms with Gasteiger partial charge in [0, 0.05) is 13.0 Å². The molecule has 1 fully saturated rings. The quantitative estimate of drug-likeness (QED) is 0.678. The Morgan fingerprint density at radius 3 is 3.13 bits per heavy atom. The van der Waals surface area contributed by atoms with Crippen LogP contribution in [0.2, 0.25) is 0 Å². The SMILES string of the molecule is Cn1nnc(CC(O)C2CCCNC2)n1. The Morgan fingerprint density at radius 1 is 1.67 bits per heavy atom. The second-order valence-electron chi connectivity index (χ2n) is 4.07. The van der Waals surface area contributed by atoms with Crippen molar-refractivity contribution >= 4 is 0 Å². The zero-order valence-corrected chi connectivity index (χ0v) is 8.93. The molecular weight excluding hydrogens is 194 g/mol. The Hall–Kier alpha value is -1.01. The molecule has 0 aromatic carbocycles. The van der Waals surface area contributed by atoms with Gasteiger partial charge in [-0.1, -0.05) is 0 Å². The summed E-state index contributed by atoms with van der Waals surface area (Å²) in [5.74, 6) is 0.943. The topological polar surface area (TPSA) is 75.9 Å². The van der Waals surface area contributed by atoms with E-state index in [9.17, 15) is 5.11 Å². The Bertz CT molecular complexity index is 307. The number of aromatic nitrogens is 4. The van der Waals surface area contributed by atoms with Crippen LogP contribution in [0.1, 0.15) is 18.7 Å². The van der Waals surface area contributed by atoms with Crippen LogP contribution >= 0.6 is 0 Å². The third kappa shape index (κ3) is 2.73. The minimum Gasteiger partial charge on any atom is -0.392 e. The molecule has 6 heteroatoms. The van der Waals surface area contributed by atoms with Crippen LogP contribution in [0.25, 0.3) is 0 Å². The van der Waals surface area contributed by atoms with E-state index >= 15 is 0 Å². The standard InChI is InChI=1S/C9H17N5O/c1-14-12-9(11-13-14)5-8(15)7-3-2-4-10-6-7/h7-8,10,15H,2-6H2,1H3. The first-order valence-electron chi connectivity index (χ1n) is 5.37. The molecule has 0 spiro atoms. The lowest BCUT2D eigenvalue weighted by molar-refractivity contribution is 0.0903. The fraction of sp³-hybridized carbons (Fsp3) is 0.889. The van der Waals surface area contributed by atoms with E-state index in [2.05, 4.69) is 20.7 Å². The highest BCUT2D eigenvalue weighted by molar-refractivity contribution is 4.86. The number of piperidine rings is 1. The number of tetrazole rings is 1. The van der Waals surface area contributed by atoms with Crippen molar-refractivity contribution in [1.29, 1.82) is 0 Å². The number of aliphatic hydroxyl groups is 1. The van der Waals surface area contributed by atoms with E-state index in [0.29, 0.717) is 18.2 Å². The number of nitrogens with zero attached hydrogens (tertiary/aromatic N) is 4. The van der Waals surface area contributed by atoms with Gasteiger partial charge in [0.15, 0.2) is 5.82 Å². The second-order valence-corrected chi connectivity index (χ2v) is 4.07. The van der Waals surface area contributed by atoms with E-state index in [4.69, 9.17) is 0 Å². The molecule has 6 nitrogen and oxygen atoms in total. The molecule has 2 heterocycles. The van der Waals surface area contributed by atoms with Gasteiger partial charge in [0.05, 0.1) is 13.2 Å². The predicted octanol–water partition coefficient (Wildman–Crippen LogP) is -0.887. The number of hydrogen-bond acceptors (Lipinski definition) is 5. The molecule has 1 aliphatic heterocycles. The highest BCUT2D eigenvalue weighted by atomic mass is 16.3. The van der Waals surface area contributed by atoms with Crippen LogP contribution < -0.4 is 5.32 Å². The Morgan fingerprint density at radius 2 is 2.53 bits per heavy atom. The van der Waals surface area contributed by atoms with Crippen molar-refractivity contribution in [3.05, 3.63) is 5.82 Å². The molecular formula is C9H17N5O. The number of aliphatic hydroxyl groups excluding tert-OH is 1. The van der Waals surface area contributed by atoms with Crippen LogP contribution in [0.5, 0.6) is 0 Å². The summed E-state index contributed by atoms with van der Waals surface area (Å²) in [4.78, 5) is 1.42. The minimum atomic E-state index is -0.359. The summed E-state index contributed by atoms with van der Waals surface area (Å²) < 4.78 is 0. The average molecular weight is 211 g/mol. The lowest BCUT2D eigenvalue weighted by Crippen LogP contribution is -2.37. The summed E-state index contributed by atoms with van der Waals surface area (Å²) >= 11 is 0. The Labute approximate surface area is 88.7 Å². The molecule has 0 radical (unpaired) electrons. The normalized spacial score (nSPS) is 24.0. The van der Waals surface area contributed by atoms with Crippen LogP contribution in [0.4, 0.5) is 0 Å². The molecule has 0 bridgehead atoms. The number of aryl methyl sites for hydroxylation is 1. The van der Waals surface area contributed by atoms with E-state index in [-0.39, 0.29) is 6.10 Å². The van der Waals surface area contributed by atoms with Crippen molar-refractivity contribution in [2.45, 2.75) is 25.4 Å². The Balaban J connectivity index is 1.88. The van der Waals surface area contributed by atoms with Crippen molar-refractivity contribution in [2.75, 3.05) is 13.1 Å². The van der Waals surface area contributed by atoms with Gasteiger partial charge < -0.3 is 10.4 Å². The number of hydrogen-bond donors (Lipinski definition) is 2.